The van der Waals surface area contributed by atoms with E-state index in [0.29, 0.717) is 18.8 Å². The number of ether oxygens (including phenoxy) is 1. The van der Waals surface area contributed by atoms with Crippen molar-refractivity contribution in [3.8, 4) is 5.75 Å². The maximum absolute atomic E-state index is 13.0. The summed E-state index contributed by atoms with van der Waals surface area (Å²) < 4.78 is 33.7. The van der Waals surface area contributed by atoms with Crippen molar-refractivity contribution in [3.63, 3.8) is 0 Å². The van der Waals surface area contributed by atoms with Gasteiger partial charge < -0.3 is 15.0 Å². The second kappa shape index (κ2) is 10.2. The Balaban J connectivity index is 1.72. The van der Waals surface area contributed by atoms with E-state index in [-0.39, 0.29) is 22.1 Å². The fourth-order valence-electron chi connectivity index (χ4n) is 3.11. The SMILES string of the molecule is COc1ccc(C(=O)NCCN(C)c2ccccc2)cc1S(=O)(=O)Nc1ccc(C)cc1. The van der Waals surface area contributed by atoms with Crippen LogP contribution >= 0.6 is 0 Å². The van der Waals surface area contributed by atoms with Crippen molar-refractivity contribution in [1.82, 2.24) is 5.32 Å². The van der Waals surface area contributed by atoms with Gasteiger partial charge in [-0.2, -0.15) is 0 Å². The Labute approximate surface area is 189 Å². The Bertz CT molecular complexity index is 1160. The number of carbonyl (C=O) groups excluding carboxylic acids is 1. The topological polar surface area (TPSA) is 87.7 Å². The number of likely N-dealkylation sites (N-methyl/N-ethyl adjacent to an activating group) is 1. The normalized spacial score (nSPS) is 11.0. The number of hydrogen-bond acceptors (Lipinski definition) is 5. The molecule has 7 nitrogen and oxygen atoms in total. The molecule has 0 bridgehead atoms. The van der Waals surface area contributed by atoms with Gasteiger partial charge >= 0.3 is 0 Å². The van der Waals surface area contributed by atoms with Gasteiger partial charge in [0.05, 0.1) is 7.11 Å². The molecule has 0 atom stereocenters. The zero-order valence-corrected chi connectivity index (χ0v) is 19.1. The van der Waals surface area contributed by atoms with Gasteiger partial charge in [0.2, 0.25) is 0 Å². The second-order valence-electron chi connectivity index (χ2n) is 7.35. The molecular formula is C24H27N3O4S. The summed E-state index contributed by atoms with van der Waals surface area (Å²) in [5.41, 5.74) is 2.72. The Kier molecular flexibility index (Phi) is 7.37. The number of rotatable bonds is 9. The number of amides is 1. The fraction of sp³-hybridized carbons (Fsp3) is 0.208. The minimum absolute atomic E-state index is 0.102. The smallest absolute Gasteiger partial charge is 0.265 e. The van der Waals surface area contributed by atoms with Crippen molar-refractivity contribution in [2.24, 2.45) is 0 Å². The van der Waals surface area contributed by atoms with E-state index >= 15 is 0 Å². The predicted octanol–water partition coefficient (Wildman–Crippen LogP) is 3.67. The summed E-state index contributed by atoms with van der Waals surface area (Å²) in [6.45, 7) is 2.92. The van der Waals surface area contributed by atoms with Gasteiger partial charge in [0, 0.05) is 37.1 Å². The third kappa shape index (κ3) is 5.79. The predicted molar refractivity (Wildman–Crippen MR) is 127 cm³/mol. The Morgan fingerprint density at radius 3 is 2.34 bits per heavy atom. The highest BCUT2D eigenvalue weighted by atomic mass is 32.2. The highest BCUT2D eigenvalue weighted by Crippen LogP contribution is 2.27. The largest absolute Gasteiger partial charge is 0.495 e. The Morgan fingerprint density at radius 1 is 1.00 bits per heavy atom. The average molecular weight is 454 g/mol. The molecule has 1 amide bonds. The molecule has 0 heterocycles. The number of sulfonamides is 1. The lowest BCUT2D eigenvalue weighted by Gasteiger charge is -2.19. The summed E-state index contributed by atoms with van der Waals surface area (Å²) in [6.07, 6.45) is 0. The van der Waals surface area contributed by atoms with E-state index in [1.165, 1.54) is 19.2 Å². The van der Waals surface area contributed by atoms with Crippen LogP contribution in [0.25, 0.3) is 0 Å². The first-order chi connectivity index (χ1) is 15.3. The van der Waals surface area contributed by atoms with Gasteiger partial charge in [0.1, 0.15) is 10.6 Å². The zero-order chi connectivity index (χ0) is 23.1. The summed E-state index contributed by atoms with van der Waals surface area (Å²) in [7, 11) is -0.629. The summed E-state index contributed by atoms with van der Waals surface area (Å²) in [5.74, 6) is -0.203. The van der Waals surface area contributed by atoms with E-state index in [9.17, 15) is 13.2 Å². The molecule has 0 saturated heterocycles. The molecule has 3 rings (SSSR count). The minimum atomic E-state index is -3.96. The van der Waals surface area contributed by atoms with E-state index in [1.54, 1.807) is 18.2 Å². The molecule has 32 heavy (non-hydrogen) atoms. The molecule has 3 aromatic rings. The molecule has 3 aromatic carbocycles. The number of anilines is 2. The standard InChI is InChI=1S/C24H27N3O4S/c1-18-9-12-20(13-10-18)26-32(29,30)23-17-19(11-14-22(23)31-3)24(28)25-15-16-27(2)21-7-5-4-6-8-21/h4-14,17,26H,15-16H2,1-3H3,(H,25,28). The lowest BCUT2D eigenvalue weighted by molar-refractivity contribution is 0.0954. The van der Waals surface area contributed by atoms with Gasteiger partial charge in [0.25, 0.3) is 15.9 Å². The van der Waals surface area contributed by atoms with Crippen molar-refractivity contribution in [3.05, 3.63) is 83.9 Å². The third-order valence-electron chi connectivity index (χ3n) is 4.95. The van der Waals surface area contributed by atoms with E-state index < -0.39 is 10.0 Å². The van der Waals surface area contributed by atoms with Gasteiger partial charge in [0.15, 0.2) is 0 Å². The van der Waals surface area contributed by atoms with Crippen LogP contribution in [-0.2, 0) is 10.0 Å². The fourth-order valence-corrected chi connectivity index (χ4v) is 4.37. The van der Waals surface area contributed by atoms with Crippen LogP contribution in [0.3, 0.4) is 0 Å². The van der Waals surface area contributed by atoms with Gasteiger partial charge in [-0.15, -0.1) is 0 Å². The molecule has 168 valence electrons. The second-order valence-corrected chi connectivity index (χ2v) is 9.00. The maximum atomic E-state index is 13.0. The number of methoxy groups -OCH3 is 1. The van der Waals surface area contributed by atoms with Gasteiger partial charge in [-0.25, -0.2) is 8.42 Å². The van der Waals surface area contributed by atoms with E-state index in [4.69, 9.17) is 4.74 Å². The number of para-hydroxylation sites is 1. The van der Waals surface area contributed by atoms with Crippen molar-refractivity contribution < 1.29 is 17.9 Å². The van der Waals surface area contributed by atoms with Crippen LogP contribution in [0.15, 0.2) is 77.7 Å². The summed E-state index contributed by atoms with van der Waals surface area (Å²) in [6, 6.07) is 21.2. The quantitative estimate of drug-likeness (QED) is 0.516. The summed E-state index contributed by atoms with van der Waals surface area (Å²) in [5, 5.41) is 2.84. The summed E-state index contributed by atoms with van der Waals surface area (Å²) >= 11 is 0. The number of aryl methyl sites for hydroxylation is 1. The first-order valence-corrected chi connectivity index (χ1v) is 11.6. The van der Waals surface area contributed by atoms with E-state index in [2.05, 4.69) is 10.0 Å². The van der Waals surface area contributed by atoms with Crippen LogP contribution in [0.4, 0.5) is 11.4 Å². The molecule has 0 unspecified atom stereocenters. The lowest BCUT2D eigenvalue weighted by atomic mass is 10.2. The number of nitrogens with zero attached hydrogens (tertiary/aromatic N) is 1. The molecule has 2 N–H and O–H groups in total. The third-order valence-corrected chi connectivity index (χ3v) is 6.35. The van der Waals surface area contributed by atoms with Crippen molar-refractivity contribution >= 4 is 27.3 Å². The van der Waals surface area contributed by atoms with Crippen LogP contribution in [0.1, 0.15) is 15.9 Å². The molecule has 0 aliphatic carbocycles. The molecule has 0 aromatic heterocycles. The first-order valence-electron chi connectivity index (χ1n) is 10.1. The molecule has 0 aliphatic heterocycles. The molecule has 0 fully saturated rings. The zero-order valence-electron chi connectivity index (χ0n) is 18.3. The molecular weight excluding hydrogens is 426 g/mol. The molecule has 8 heteroatoms. The first kappa shape index (κ1) is 23.1. The van der Waals surface area contributed by atoms with Crippen molar-refractivity contribution in [2.45, 2.75) is 11.8 Å². The van der Waals surface area contributed by atoms with Crippen molar-refractivity contribution in [2.75, 3.05) is 36.9 Å². The van der Waals surface area contributed by atoms with Gasteiger partial charge in [-0.1, -0.05) is 35.9 Å². The molecule has 0 saturated carbocycles. The highest BCUT2D eigenvalue weighted by Gasteiger charge is 2.22. The number of benzene rings is 3. The van der Waals surface area contributed by atoms with E-state index in [1.807, 2.05) is 61.3 Å². The van der Waals surface area contributed by atoms with Crippen molar-refractivity contribution in [1.29, 1.82) is 0 Å². The van der Waals surface area contributed by atoms with Crippen LogP contribution in [0.2, 0.25) is 0 Å². The highest BCUT2D eigenvalue weighted by molar-refractivity contribution is 7.92. The van der Waals surface area contributed by atoms with Crippen LogP contribution in [-0.4, -0.2) is 41.6 Å². The van der Waals surface area contributed by atoms with Crippen LogP contribution < -0.4 is 19.7 Å². The molecule has 0 aliphatic rings. The number of hydrogen-bond donors (Lipinski definition) is 2. The molecule has 0 radical (unpaired) electrons. The van der Waals surface area contributed by atoms with E-state index in [0.717, 1.165) is 11.3 Å². The average Bonchev–Trinajstić information content (AvgIpc) is 2.80. The Morgan fingerprint density at radius 2 is 1.69 bits per heavy atom. The monoisotopic (exact) mass is 453 g/mol. The van der Waals surface area contributed by atoms with Gasteiger partial charge in [-0.05, 0) is 49.4 Å². The molecule has 0 spiro atoms. The maximum Gasteiger partial charge on any atom is 0.265 e. The van der Waals surface area contributed by atoms with Crippen LogP contribution in [0, 0.1) is 6.92 Å². The van der Waals surface area contributed by atoms with Crippen LogP contribution in [0.5, 0.6) is 5.75 Å². The lowest BCUT2D eigenvalue weighted by Crippen LogP contribution is -2.33. The number of carbonyl (C=O) groups is 1. The summed E-state index contributed by atoms with van der Waals surface area (Å²) in [4.78, 5) is 14.6. The number of nitrogens with one attached hydrogen (secondary N) is 2. The Hall–Kier alpha value is -3.52. The van der Waals surface area contributed by atoms with Gasteiger partial charge in [-0.3, -0.25) is 9.52 Å². The minimum Gasteiger partial charge on any atom is -0.495 e.